The summed E-state index contributed by atoms with van der Waals surface area (Å²) in [7, 11) is 0. The van der Waals surface area contributed by atoms with E-state index in [0.717, 1.165) is 5.56 Å². The Bertz CT molecular complexity index is 497. The van der Waals surface area contributed by atoms with Crippen LogP contribution in [0.5, 0.6) is 0 Å². The highest BCUT2D eigenvalue weighted by atomic mass is 16.3. The summed E-state index contributed by atoms with van der Waals surface area (Å²) >= 11 is 0. The number of benzene rings is 1. The summed E-state index contributed by atoms with van der Waals surface area (Å²) in [5, 5.41) is 35.6. The topological polar surface area (TPSA) is 102 Å². The molecule has 0 bridgehead atoms. The van der Waals surface area contributed by atoms with Crippen LogP contribution in [0, 0.1) is 0 Å². The third kappa shape index (κ3) is 4.75. The fraction of sp³-hybridized carbons (Fsp3) is 0.588. The number of aliphatic hydroxyl groups is 3. The molecule has 1 fully saturated rings. The number of aliphatic hydroxyl groups excluding tert-OH is 3. The van der Waals surface area contributed by atoms with E-state index in [1.165, 1.54) is 6.92 Å². The van der Waals surface area contributed by atoms with Crippen LogP contribution in [0.1, 0.15) is 31.2 Å². The van der Waals surface area contributed by atoms with Gasteiger partial charge in [-0.1, -0.05) is 30.3 Å². The zero-order valence-corrected chi connectivity index (χ0v) is 13.4. The van der Waals surface area contributed by atoms with Gasteiger partial charge in [-0.05, 0) is 18.4 Å². The van der Waals surface area contributed by atoms with Crippen LogP contribution in [0.4, 0.5) is 0 Å². The van der Waals surface area contributed by atoms with Gasteiger partial charge in [-0.3, -0.25) is 4.79 Å². The maximum Gasteiger partial charge on any atom is 0.216 e. The molecule has 1 aromatic carbocycles. The molecule has 1 aliphatic rings. The number of carbonyl (C=O) groups is 1. The number of carbonyl (C=O) groups excluding carboxylic acids is 1. The van der Waals surface area contributed by atoms with E-state index >= 15 is 0 Å². The van der Waals surface area contributed by atoms with E-state index < -0.39 is 12.2 Å². The van der Waals surface area contributed by atoms with Crippen molar-refractivity contribution in [3.05, 3.63) is 35.9 Å². The fourth-order valence-electron chi connectivity index (χ4n) is 3.10. The molecule has 6 nitrogen and oxygen atoms in total. The molecule has 6 heteroatoms. The molecule has 1 unspecified atom stereocenters. The SMILES string of the molecule is CC(=O)NC[C@H]1N[C@H](CCC(CO)c2ccccc2)[C@@H](O)[C@@H]1O. The summed E-state index contributed by atoms with van der Waals surface area (Å²) in [5.74, 6) is -0.155. The molecule has 0 aliphatic carbocycles. The Labute approximate surface area is 136 Å². The molecule has 0 spiro atoms. The van der Waals surface area contributed by atoms with Crippen molar-refractivity contribution in [3.63, 3.8) is 0 Å². The van der Waals surface area contributed by atoms with Crippen LogP contribution >= 0.6 is 0 Å². The van der Waals surface area contributed by atoms with E-state index in [1.807, 2.05) is 30.3 Å². The molecule has 0 saturated carbocycles. The molecule has 0 aromatic heterocycles. The zero-order chi connectivity index (χ0) is 16.8. The van der Waals surface area contributed by atoms with Crippen molar-refractivity contribution in [2.45, 2.75) is 50.0 Å². The Morgan fingerprint density at radius 3 is 2.48 bits per heavy atom. The maximum absolute atomic E-state index is 11.0. The van der Waals surface area contributed by atoms with Gasteiger partial charge in [-0.2, -0.15) is 0 Å². The molecule has 2 rings (SSSR count). The van der Waals surface area contributed by atoms with Gasteiger partial charge in [-0.15, -0.1) is 0 Å². The minimum absolute atomic E-state index is 0.0109. The van der Waals surface area contributed by atoms with Crippen LogP contribution in [0.25, 0.3) is 0 Å². The molecular formula is C17H26N2O4. The Morgan fingerprint density at radius 1 is 1.22 bits per heavy atom. The average Bonchev–Trinajstić information content (AvgIpc) is 2.82. The van der Waals surface area contributed by atoms with Crippen LogP contribution in [0.15, 0.2) is 30.3 Å². The summed E-state index contributed by atoms with van der Waals surface area (Å²) in [4.78, 5) is 11.0. The molecule has 1 amide bonds. The average molecular weight is 322 g/mol. The first kappa shape index (κ1) is 17.9. The molecular weight excluding hydrogens is 296 g/mol. The highest BCUT2D eigenvalue weighted by Gasteiger charge is 2.40. The second-order valence-corrected chi connectivity index (χ2v) is 6.17. The number of nitrogens with one attached hydrogen (secondary N) is 2. The summed E-state index contributed by atoms with van der Waals surface area (Å²) in [6.07, 6.45) is -0.441. The molecule has 128 valence electrons. The molecule has 1 aliphatic heterocycles. The standard InChI is InChI=1S/C17H26N2O4/c1-11(21)18-9-15-17(23)16(22)14(19-15)8-7-13(10-20)12-5-3-2-4-6-12/h2-6,13-17,19-20,22-23H,7-10H2,1H3,(H,18,21)/t13?,14-,15-,16-,17-/m1/s1. The van der Waals surface area contributed by atoms with Crippen molar-refractivity contribution >= 4 is 5.91 Å². The minimum atomic E-state index is -0.906. The Hall–Kier alpha value is -1.47. The third-order valence-electron chi connectivity index (χ3n) is 4.49. The normalized spacial score (nSPS) is 28.5. The van der Waals surface area contributed by atoms with Gasteiger partial charge in [0.1, 0.15) is 0 Å². The number of hydrogen-bond acceptors (Lipinski definition) is 5. The molecule has 23 heavy (non-hydrogen) atoms. The second-order valence-electron chi connectivity index (χ2n) is 6.17. The Morgan fingerprint density at radius 2 is 1.87 bits per heavy atom. The molecule has 1 heterocycles. The number of amides is 1. The summed E-state index contributed by atoms with van der Waals surface area (Å²) < 4.78 is 0. The van der Waals surface area contributed by atoms with Gasteiger partial charge in [0, 0.05) is 32.0 Å². The lowest BCUT2D eigenvalue weighted by atomic mass is 9.92. The number of rotatable bonds is 7. The smallest absolute Gasteiger partial charge is 0.216 e. The van der Waals surface area contributed by atoms with Crippen molar-refractivity contribution in [2.24, 2.45) is 0 Å². The highest BCUT2D eigenvalue weighted by Crippen LogP contribution is 2.25. The fourth-order valence-corrected chi connectivity index (χ4v) is 3.10. The predicted octanol–water partition coefficient (Wildman–Crippen LogP) is -0.259. The van der Waals surface area contributed by atoms with Gasteiger partial charge < -0.3 is 26.0 Å². The van der Waals surface area contributed by atoms with Gasteiger partial charge >= 0.3 is 0 Å². The Balaban J connectivity index is 1.88. The lowest BCUT2D eigenvalue weighted by molar-refractivity contribution is -0.119. The van der Waals surface area contributed by atoms with E-state index in [0.29, 0.717) is 12.8 Å². The molecule has 0 radical (unpaired) electrons. The second kappa shape index (κ2) is 8.40. The van der Waals surface area contributed by atoms with Gasteiger partial charge in [0.05, 0.1) is 18.2 Å². The van der Waals surface area contributed by atoms with Crippen LogP contribution in [0.3, 0.4) is 0 Å². The first-order chi connectivity index (χ1) is 11.0. The predicted molar refractivity (Wildman–Crippen MR) is 86.9 cm³/mol. The van der Waals surface area contributed by atoms with Gasteiger partial charge in [-0.25, -0.2) is 0 Å². The van der Waals surface area contributed by atoms with Crippen molar-refractivity contribution in [1.82, 2.24) is 10.6 Å². The summed E-state index contributed by atoms with van der Waals surface area (Å²) in [6.45, 7) is 1.75. The zero-order valence-electron chi connectivity index (χ0n) is 13.4. The molecule has 5 atom stereocenters. The first-order valence-corrected chi connectivity index (χ1v) is 8.05. The summed E-state index contributed by atoms with van der Waals surface area (Å²) in [6, 6.07) is 9.16. The van der Waals surface area contributed by atoms with Gasteiger partial charge in [0.2, 0.25) is 5.91 Å². The largest absolute Gasteiger partial charge is 0.396 e. The van der Waals surface area contributed by atoms with Crippen molar-refractivity contribution < 1.29 is 20.1 Å². The van der Waals surface area contributed by atoms with E-state index in [1.54, 1.807) is 0 Å². The quantitative estimate of drug-likeness (QED) is 0.476. The van der Waals surface area contributed by atoms with Crippen LogP contribution in [-0.2, 0) is 4.79 Å². The molecule has 1 saturated heterocycles. The van der Waals surface area contributed by atoms with E-state index in [4.69, 9.17) is 0 Å². The van der Waals surface area contributed by atoms with Gasteiger partial charge in [0.15, 0.2) is 0 Å². The lowest BCUT2D eigenvalue weighted by Crippen LogP contribution is -2.43. The molecule has 1 aromatic rings. The van der Waals surface area contributed by atoms with Crippen molar-refractivity contribution in [1.29, 1.82) is 0 Å². The monoisotopic (exact) mass is 322 g/mol. The van der Waals surface area contributed by atoms with E-state index in [2.05, 4.69) is 10.6 Å². The van der Waals surface area contributed by atoms with E-state index in [-0.39, 0.29) is 37.1 Å². The van der Waals surface area contributed by atoms with Crippen molar-refractivity contribution in [3.8, 4) is 0 Å². The van der Waals surface area contributed by atoms with Gasteiger partial charge in [0.25, 0.3) is 0 Å². The van der Waals surface area contributed by atoms with Crippen LogP contribution in [-0.4, -0.2) is 58.7 Å². The van der Waals surface area contributed by atoms with E-state index in [9.17, 15) is 20.1 Å². The lowest BCUT2D eigenvalue weighted by Gasteiger charge is -2.20. The van der Waals surface area contributed by atoms with Crippen LogP contribution < -0.4 is 10.6 Å². The summed E-state index contributed by atoms with van der Waals surface area (Å²) in [5.41, 5.74) is 1.07. The molecule has 5 N–H and O–H groups in total. The van der Waals surface area contributed by atoms with Crippen molar-refractivity contribution in [2.75, 3.05) is 13.2 Å². The third-order valence-corrected chi connectivity index (χ3v) is 4.49. The minimum Gasteiger partial charge on any atom is -0.396 e. The first-order valence-electron chi connectivity index (χ1n) is 8.05. The highest BCUT2D eigenvalue weighted by molar-refractivity contribution is 5.72. The maximum atomic E-state index is 11.0. The Kier molecular flexibility index (Phi) is 6.53. The van der Waals surface area contributed by atoms with Crippen LogP contribution in [0.2, 0.25) is 0 Å². The number of hydrogen-bond donors (Lipinski definition) is 5.